The third-order valence-electron chi connectivity index (χ3n) is 2.35. The quantitative estimate of drug-likeness (QED) is 0.882. The third kappa shape index (κ3) is 2.55. The summed E-state index contributed by atoms with van der Waals surface area (Å²) >= 11 is 0. The fourth-order valence-electron chi connectivity index (χ4n) is 1.48. The minimum atomic E-state index is -0.370. The summed E-state index contributed by atoms with van der Waals surface area (Å²) in [6.45, 7) is 1.97. The highest BCUT2D eigenvalue weighted by Crippen LogP contribution is 2.19. The van der Waals surface area contributed by atoms with Crippen molar-refractivity contribution in [1.82, 2.24) is 15.0 Å². The number of hydrogen-bond donors (Lipinski definition) is 1. The Morgan fingerprint density at radius 1 is 1.24 bits per heavy atom. The van der Waals surface area contributed by atoms with Gasteiger partial charge in [0, 0.05) is 31.3 Å². The smallest absolute Gasteiger partial charge is 0.142 e. The average molecular weight is 232 g/mol. The molecule has 0 aliphatic rings. The second-order valence-electron chi connectivity index (χ2n) is 3.55. The molecule has 0 aliphatic carbocycles. The second kappa shape index (κ2) is 4.86. The first-order chi connectivity index (χ1) is 8.22. The van der Waals surface area contributed by atoms with Crippen molar-refractivity contribution >= 4 is 5.82 Å². The van der Waals surface area contributed by atoms with Gasteiger partial charge in [0.25, 0.3) is 0 Å². The van der Waals surface area contributed by atoms with E-state index in [0.717, 1.165) is 18.1 Å². The van der Waals surface area contributed by atoms with E-state index in [1.807, 2.05) is 6.92 Å². The van der Waals surface area contributed by atoms with Gasteiger partial charge in [0.1, 0.15) is 17.5 Å². The molecular weight excluding hydrogens is 219 g/mol. The van der Waals surface area contributed by atoms with Gasteiger partial charge in [-0.1, -0.05) is 6.92 Å². The summed E-state index contributed by atoms with van der Waals surface area (Å²) in [4.78, 5) is 12.5. The molecule has 2 rings (SSSR count). The lowest BCUT2D eigenvalue weighted by atomic mass is 10.2. The first-order valence-electron chi connectivity index (χ1n) is 5.39. The van der Waals surface area contributed by atoms with Crippen LogP contribution < -0.4 is 5.32 Å². The van der Waals surface area contributed by atoms with Gasteiger partial charge in [0.15, 0.2) is 0 Å². The zero-order chi connectivity index (χ0) is 12.3. The fourth-order valence-corrected chi connectivity index (χ4v) is 1.48. The van der Waals surface area contributed by atoms with Gasteiger partial charge in [-0.25, -0.2) is 14.4 Å². The van der Waals surface area contributed by atoms with Crippen LogP contribution in [0.1, 0.15) is 12.7 Å². The number of aromatic nitrogens is 3. The average Bonchev–Trinajstić information content (AvgIpc) is 2.38. The molecule has 0 unspecified atom stereocenters. The summed E-state index contributed by atoms with van der Waals surface area (Å²) < 4.78 is 13.1. The van der Waals surface area contributed by atoms with Crippen molar-refractivity contribution < 1.29 is 4.39 Å². The predicted octanol–water partition coefficient (Wildman–Crippen LogP) is 2.28. The molecule has 4 nitrogen and oxygen atoms in total. The molecule has 0 fully saturated rings. The molecule has 0 amide bonds. The molecule has 0 spiro atoms. The Morgan fingerprint density at radius 2 is 2.06 bits per heavy atom. The van der Waals surface area contributed by atoms with Crippen LogP contribution >= 0.6 is 0 Å². The highest BCUT2D eigenvalue weighted by atomic mass is 19.1. The van der Waals surface area contributed by atoms with E-state index in [0.29, 0.717) is 11.3 Å². The zero-order valence-electron chi connectivity index (χ0n) is 9.74. The number of nitrogens with zero attached hydrogens (tertiary/aromatic N) is 3. The van der Waals surface area contributed by atoms with Crippen molar-refractivity contribution in [3.63, 3.8) is 0 Å². The molecule has 0 saturated carbocycles. The maximum Gasteiger partial charge on any atom is 0.142 e. The maximum absolute atomic E-state index is 13.1. The molecule has 1 N–H and O–H groups in total. The molecule has 2 aromatic rings. The third-order valence-corrected chi connectivity index (χ3v) is 2.35. The molecule has 2 heterocycles. The highest BCUT2D eigenvalue weighted by Gasteiger charge is 2.06. The lowest BCUT2D eigenvalue weighted by Crippen LogP contribution is -2.01. The van der Waals surface area contributed by atoms with Gasteiger partial charge >= 0.3 is 0 Å². The summed E-state index contributed by atoms with van der Waals surface area (Å²) in [6.07, 6.45) is 3.49. The van der Waals surface area contributed by atoms with Crippen LogP contribution in [0.3, 0.4) is 0 Å². The minimum absolute atomic E-state index is 0.370. The number of aryl methyl sites for hydroxylation is 1. The van der Waals surface area contributed by atoms with E-state index < -0.39 is 0 Å². The van der Waals surface area contributed by atoms with Gasteiger partial charge in [-0.3, -0.25) is 4.98 Å². The van der Waals surface area contributed by atoms with Gasteiger partial charge in [-0.15, -0.1) is 0 Å². The van der Waals surface area contributed by atoms with Crippen molar-refractivity contribution in [3.8, 4) is 11.3 Å². The van der Waals surface area contributed by atoms with Crippen molar-refractivity contribution in [3.05, 3.63) is 36.2 Å². The normalized spacial score (nSPS) is 10.3. The number of halogens is 1. The summed E-state index contributed by atoms with van der Waals surface area (Å²) in [5, 5.41) is 2.96. The topological polar surface area (TPSA) is 50.7 Å². The Bertz CT molecular complexity index is 505. The molecular formula is C12H13FN4. The van der Waals surface area contributed by atoms with Crippen LogP contribution in [0.4, 0.5) is 10.2 Å². The lowest BCUT2D eigenvalue weighted by molar-refractivity contribution is 0.622. The van der Waals surface area contributed by atoms with Crippen LogP contribution in [0, 0.1) is 5.82 Å². The van der Waals surface area contributed by atoms with Gasteiger partial charge in [-0.05, 0) is 6.07 Å². The Hall–Kier alpha value is -2.04. The largest absolute Gasteiger partial charge is 0.373 e. The molecule has 0 saturated heterocycles. The molecule has 88 valence electrons. The monoisotopic (exact) mass is 232 g/mol. The molecule has 5 heteroatoms. The van der Waals surface area contributed by atoms with E-state index in [2.05, 4.69) is 20.3 Å². The Morgan fingerprint density at radius 3 is 2.71 bits per heavy atom. The van der Waals surface area contributed by atoms with Gasteiger partial charge in [0.05, 0.1) is 11.9 Å². The van der Waals surface area contributed by atoms with Crippen LogP contribution in [-0.4, -0.2) is 22.0 Å². The number of hydrogen-bond acceptors (Lipinski definition) is 4. The molecule has 0 aromatic carbocycles. The molecule has 2 aromatic heterocycles. The predicted molar refractivity (Wildman–Crippen MR) is 64.1 cm³/mol. The van der Waals surface area contributed by atoms with Crippen LogP contribution in [0.25, 0.3) is 11.3 Å². The van der Waals surface area contributed by atoms with Crippen molar-refractivity contribution in [2.45, 2.75) is 13.3 Å². The van der Waals surface area contributed by atoms with E-state index in [1.165, 1.54) is 12.3 Å². The number of nitrogens with one attached hydrogen (secondary N) is 1. The molecule has 0 radical (unpaired) electrons. The van der Waals surface area contributed by atoms with Crippen LogP contribution in [0.2, 0.25) is 0 Å². The van der Waals surface area contributed by atoms with Crippen molar-refractivity contribution in [2.24, 2.45) is 0 Å². The molecule has 0 bridgehead atoms. The van der Waals surface area contributed by atoms with Gasteiger partial charge < -0.3 is 5.32 Å². The Kier molecular flexibility index (Phi) is 3.27. The fraction of sp³-hybridized carbons (Fsp3) is 0.250. The van der Waals surface area contributed by atoms with Crippen LogP contribution in [-0.2, 0) is 6.42 Å². The maximum atomic E-state index is 13.1. The molecule has 0 aliphatic heterocycles. The van der Waals surface area contributed by atoms with E-state index in [4.69, 9.17) is 0 Å². The number of rotatable bonds is 3. The highest BCUT2D eigenvalue weighted by molar-refractivity contribution is 5.61. The lowest BCUT2D eigenvalue weighted by Gasteiger charge is -2.06. The van der Waals surface area contributed by atoms with Gasteiger partial charge in [0.2, 0.25) is 0 Å². The first-order valence-corrected chi connectivity index (χ1v) is 5.39. The van der Waals surface area contributed by atoms with Crippen LogP contribution in [0.15, 0.2) is 24.5 Å². The molecule has 0 atom stereocenters. The zero-order valence-corrected chi connectivity index (χ0v) is 9.74. The Labute approximate surface area is 99.0 Å². The number of anilines is 1. The van der Waals surface area contributed by atoms with E-state index in [-0.39, 0.29) is 5.82 Å². The van der Waals surface area contributed by atoms with E-state index >= 15 is 0 Å². The van der Waals surface area contributed by atoms with Crippen molar-refractivity contribution in [1.29, 1.82) is 0 Å². The second-order valence-corrected chi connectivity index (χ2v) is 3.55. The van der Waals surface area contributed by atoms with E-state index in [1.54, 1.807) is 19.3 Å². The van der Waals surface area contributed by atoms with Crippen LogP contribution in [0.5, 0.6) is 0 Å². The Balaban J connectivity index is 2.50. The SMILES string of the molecule is CCc1nc(NC)cc(-c2cncc(F)c2)n1. The molecule has 17 heavy (non-hydrogen) atoms. The number of pyridine rings is 1. The summed E-state index contributed by atoms with van der Waals surface area (Å²) in [5.41, 5.74) is 1.33. The first kappa shape index (κ1) is 11.4. The summed E-state index contributed by atoms with van der Waals surface area (Å²) in [5.74, 6) is 1.07. The minimum Gasteiger partial charge on any atom is -0.373 e. The van der Waals surface area contributed by atoms with Gasteiger partial charge in [-0.2, -0.15) is 0 Å². The standard InChI is InChI=1S/C12H13FN4/c1-3-11-16-10(5-12(14-2)17-11)8-4-9(13)7-15-6-8/h4-7H,3H2,1-2H3,(H,14,16,17). The van der Waals surface area contributed by atoms with E-state index in [9.17, 15) is 4.39 Å². The summed E-state index contributed by atoms with van der Waals surface area (Å²) in [6, 6.07) is 3.18. The van der Waals surface area contributed by atoms with Crippen molar-refractivity contribution in [2.75, 3.05) is 12.4 Å². The summed E-state index contributed by atoms with van der Waals surface area (Å²) in [7, 11) is 1.79.